The van der Waals surface area contributed by atoms with E-state index in [1.165, 1.54) is 19.2 Å². The highest BCUT2D eigenvalue weighted by Crippen LogP contribution is 2.19. The van der Waals surface area contributed by atoms with Crippen LogP contribution in [-0.4, -0.2) is 42.2 Å². The molecule has 0 bridgehead atoms. The van der Waals surface area contributed by atoms with Crippen molar-refractivity contribution in [1.29, 1.82) is 0 Å². The van der Waals surface area contributed by atoms with E-state index < -0.39 is 5.82 Å². The Hall–Kier alpha value is -1.62. The molecule has 4 nitrogen and oxygen atoms in total. The topological polar surface area (TPSA) is 49.8 Å². The number of aliphatic hydroxyl groups is 1. The van der Waals surface area contributed by atoms with Gasteiger partial charge in [0.15, 0.2) is 11.6 Å². The summed E-state index contributed by atoms with van der Waals surface area (Å²) < 4.78 is 18.5. The van der Waals surface area contributed by atoms with E-state index in [-0.39, 0.29) is 30.7 Å². The van der Waals surface area contributed by atoms with Gasteiger partial charge < -0.3 is 14.7 Å². The summed E-state index contributed by atoms with van der Waals surface area (Å²) in [5.74, 6) is -0.403. The molecule has 0 unspecified atom stereocenters. The minimum atomic E-state index is -0.473. The van der Waals surface area contributed by atoms with Gasteiger partial charge in [-0.15, -0.1) is 0 Å². The van der Waals surface area contributed by atoms with E-state index >= 15 is 0 Å². The Kier molecular flexibility index (Phi) is 7.15. The Balaban J connectivity index is 2.83. The molecule has 0 saturated heterocycles. The van der Waals surface area contributed by atoms with Crippen molar-refractivity contribution in [1.82, 2.24) is 4.90 Å². The highest BCUT2D eigenvalue weighted by atomic mass is 19.1. The van der Waals surface area contributed by atoms with Crippen LogP contribution in [0.1, 0.15) is 32.3 Å². The van der Waals surface area contributed by atoms with Gasteiger partial charge >= 0.3 is 0 Å². The van der Waals surface area contributed by atoms with Gasteiger partial charge in [-0.1, -0.05) is 19.9 Å². The van der Waals surface area contributed by atoms with E-state index in [2.05, 4.69) is 0 Å². The molecule has 1 aromatic carbocycles. The highest BCUT2D eigenvalue weighted by Gasteiger charge is 2.21. The molecule has 1 N–H and O–H groups in total. The Bertz CT molecular complexity index is 461. The number of aliphatic hydroxyl groups excluding tert-OH is 1. The van der Waals surface area contributed by atoms with Crippen molar-refractivity contribution in [2.75, 3.05) is 20.3 Å². The first kappa shape index (κ1) is 17.4. The Morgan fingerprint density at radius 1 is 1.38 bits per heavy atom. The number of carbonyl (C=O) groups excluding carboxylic acids is 1. The maximum absolute atomic E-state index is 13.7. The summed E-state index contributed by atoms with van der Waals surface area (Å²) in [6.45, 7) is 4.26. The van der Waals surface area contributed by atoms with Gasteiger partial charge in [-0.3, -0.25) is 4.79 Å². The van der Waals surface area contributed by atoms with Crippen LogP contribution in [0.2, 0.25) is 0 Å². The average Bonchev–Trinajstić information content (AvgIpc) is 2.47. The average molecular weight is 297 g/mol. The Morgan fingerprint density at radius 3 is 2.52 bits per heavy atom. The summed E-state index contributed by atoms with van der Waals surface area (Å²) in [5, 5.41) is 9.13. The molecule has 0 heterocycles. The zero-order valence-electron chi connectivity index (χ0n) is 12.9. The minimum Gasteiger partial charge on any atom is -0.494 e. The van der Waals surface area contributed by atoms with Crippen molar-refractivity contribution in [3.05, 3.63) is 29.6 Å². The predicted octanol–water partition coefficient (Wildman–Crippen LogP) is 2.39. The zero-order valence-corrected chi connectivity index (χ0v) is 12.9. The van der Waals surface area contributed by atoms with E-state index in [4.69, 9.17) is 9.84 Å². The lowest BCUT2D eigenvalue weighted by Crippen LogP contribution is -2.42. The third-order valence-corrected chi connectivity index (χ3v) is 3.62. The molecule has 5 heteroatoms. The molecular weight excluding hydrogens is 273 g/mol. The first-order valence-corrected chi connectivity index (χ1v) is 7.30. The minimum absolute atomic E-state index is 0.0702. The van der Waals surface area contributed by atoms with E-state index in [1.54, 1.807) is 11.0 Å². The zero-order chi connectivity index (χ0) is 15.8. The normalized spacial score (nSPS) is 10.8. The van der Waals surface area contributed by atoms with Crippen molar-refractivity contribution in [3.63, 3.8) is 0 Å². The molecule has 0 radical (unpaired) electrons. The number of methoxy groups -OCH3 is 1. The molecular formula is C16H24FNO3. The summed E-state index contributed by atoms with van der Waals surface area (Å²) in [7, 11) is 1.40. The lowest BCUT2D eigenvalue weighted by molar-refractivity contribution is -0.133. The van der Waals surface area contributed by atoms with Crippen molar-refractivity contribution in [2.24, 2.45) is 0 Å². The molecule has 0 fully saturated rings. The number of ether oxygens (including phenoxy) is 1. The number of hydrogen-bond acceptors (Lipinski definition) is 3. The van der Waals surface area contributed by atoms with Gasteiger partial charge in [0, 0.05) is 12.6 Å². The van der Waals surface area contributed by atoms with Crippen molar-refractivity contribution < 1.29 is 19.0 Å². The third-order valence-electron chi connectivity index (χ3n) is 3.62. The summed E-state index contributed by atoms with van der Waals surface area (Å²) in [6, 6.07) is 4.63. The van der Waals surface area contributed by atoms with Gasteiger partial charge in [0.2, 0.25) is 5.91 Å². The second kappa shape index (κ2) is 8.62. The molecule has 0 aliphatic carbocycles. The number of hydrogen-bond donors (Lipinski definition) is 1. The lowest BCUT2D eigenvalue weighted by Gasteiger charge is -2.30. The lowest BCUT2D eigenvalue weighted by atomic mass is 10.1. The van der Waals surface area contributed by atoms with Crippen LogP contribution < -0.4 is 4.74 Å². The Labute approximate surface area is 125 Å². The van der Waals surface area contributed by atoms with Gasteiger partial charge in [0.05, 0.1) is 20.1 Å². The number of amides is 1. The molecule has 1 amide bonds. The number of benzene rings is 1. The van der Waals surface area contributed by atoms with Gasteiger partial charge in [-0.25, -0.2) is 4.39 Å². The molecule has 1 aromatic rings. The summed E-state index contributed by atoms with van der Waals surface area (Å²) in [4.78, 5) is 14.1. The number of rotatable bonds is 8. The molecule has 0 saturated carbocycles. The smallest absolute Gasteiger partial charge is 0.227 e. The number of carbonyl (C=O) groups is 1. The van der Waals surface area contributed by atoms with E-state index in [0.29, 0.717) is 12.1 Å². The standard InChI is InChI=1S/C16H24FNO3/c1-4-13(5-2)18(8-9-19)16(20)11-12-6-7-15(21-3)14(17)10-12/h6-7,10,13,19H,4-5,8-9,11H2,1-3H3. The van der Waals surface area contributed by atoms with E-state index in [9.17, 15) is 9.18 Å². The fraction of sp³-hybridized carbons (Fsp3) is 0.562. The molecule has 21 heavy (non-hydrogen) atoms. The van der Waals surface area contributed by atoms with E-state index in [1.807, 2.05) is 13.8 Å². The monoisotopic (exact) mass is 297 g/mol. The third kappa shape index (κ3) is 4.70. The molecule has 118 valence electrons. The van der Waals surface area contributed by atoms with Crippen molar-refractivity contribution in [2.45, 2.75) is 39.2 Å². The van der Waals surface area contributed by atoms with Crippen molar-refractivity contribution >= 4 is 5.91 Å². The summed E-state index contributed by atoms with van der Waals surface area (Å²) >= 11 is 0. The van der Waals surface area contributed by atoms with Crippen LogP contribution in [0.4, 0.5) is 4.39 Å². The van der Waals surface area contributed by atoms with Gasteiger partial charge in [-0.05, 0) is 30.5 Å². The van der Waals surface area contributed by atoms with Crippen LogP contribution >= 0.6 is 0 Å². The molecule has 0 aliphatic heterocycles. The molecule has 1 rings (SSSR count). The number of halogens is 1. The maximum atomic E-state index is 13.7. The largest absolute Gasteiger partial charge is 0.494 e. The van der Waals surface area contributed by atoms with Crippen LogP contribution in [0.25, 0.3) is 0 Å². The van der Waals surface area contributed by atoms with Crippen molar-refractivity contribution in [3.8, 4) is 5.75 Å². The quantitative estimate of drug-likeness (QED) is 0.801. The first-order valence-electron chi connectivity index (χ1n) is 7.30. The number of nitrogens with zero attached hydrogens (tertiary/aromatic N) is 1. The van der Waals surface area contributed by atoms with Crippen LogP contribution in [-0.2, 0) is 11.2 Å². The van der Waals surface area contributed by atoms with Crippen LogP contribution in [0, 0.1) is 5.82 Å². The molecule has 0 atom stereocenters. The summed E-state index contributed by atoms with van der Waals surface area (Å²) in [6.07, 6.45) is 1.79. The van der Waals surface area contributed by atoms with Gasteiger partial charge in [0.1, 0.15) is 0 Å². The first-order chi connectivity index (χ1) is 10.1. The molecule has 0 aromatic heterocycles. The molecule has 0 spiro atoms. The van der Waals surface area contributed by atoms with Crippen LogP contribution in [0.15, 0.2) is 18.2 Å². The predicted molar refractivity (Wildman–Crippen MR) is 79.8 cm³/mol. The Morgan fingerprint density at radius 2 is 2.05 bits per heavy atom. The SMILES string of the molecule is CCC(CC)N(CCO)C(=O)Cc1ccc(OC)c(F)c1. The van der Waals surface area contributed by atoms with Crippen LogP contribution in [0.5, 0.6) is 5.75 Å². The van der Waals surface area contributed by atoms with Gasteiger partial charge in [-0.2, -0.15) is 0 Å². The van der Waals surface area contributed by atoms with E-state index in [0.717, 1.165) is 12.8 Å². The fourth-order valence-electron chi connectivity index (χ4n) is 2.44. The summed E-state index contributed by atoms with van der Waals surface area (Å²) in [5.41, 5.74) is 0.604. The highest BCUT2D eigenvalue weighted by molar-refractivity contribution is 5.79. The second-order valence-electron chi connectivity index (χ2n) is 4.93. The second-order valence-corrected chi connectivity index (χ2v) is 4.93. The van der Waals surface area contributed by atoms with Crippen LogP contribution in [0.3, 0.4) is 0 Å². The fourth-order valence-corrected chi connectivity index (χ4v) is 2.44. The maximum Gasteiger partial charge on any atom is 0.227 e. The molecule has 0 aliphatic rings. The van der Waals surface area contributed by atoms with Gasteiger partial charge in [0.25, 0.3) is 0 Å².